The van der Waals surface area contributed by atoms with Crippen molar-refractivity contribution >= 4 is 17.6 Å². The minimum absolute atomic E-state index is 0.0386. The summed E-state index contributed by atoms with van der Waals surface area (Å²) in [7, 11) is 0. The molecule has 0 amide bonds. The normalized spacial score (nSPS) is 13.0. The number of carboxylic acid groups (broad SMARTS) is 1. The van der Waals surface area contributed by atoms with Crippen LogP contribution >= 0.6 is 11.6 Å². The first-order valence-corrected chi connectivity index (χ1v) is 3.59. The van der Waals surface area contributed by atoms with E-state index < -0.39 is 5.97 Å². The number of halogens is 1. The van der Waals surface area contributed by atoms with Crippen molar-refractivity contribution in [2.24, 2.45) is 0 Å². The van der Waals surface area contributed by atoms with Gasteiger partial charge in [0.05, 0.1) is 19.1 Å². The second-order valence-corrected chi connectivity index (χ2v) is 2.35. The van der Waals surface area contributed by atoms with E-state index in [2.05, 4.69) is 0 Å². The number of hydrogen-bond donors (Lipinski definition) is 1. The highest BCUT2D eigenvalue weighted by atomic mass is 35.5. The summed E-state index contributed by atoms with van der Waals surface area (Å²) in [4.78, 5) is 10.1. The number of rotatable bonds is 5. The number of alkyl halides is 1. The Morgan fingerprint density at radius 1 is 1.80 bits per heavy atom. The molecule has 0 aromatic heterocycles. The molecule has 0 heterocycles. The third-order valence-electron chi connectivity index (χ3n) is 0.942. The van der Waals surface area contributed by atoms with Gasteiger partial charge in [0.15, 0.2) is 0 Å². The van der Waals surface area contributed by atoms with Gasteiger partial charge in [0.1, 0.15) is 0 Å². The summed E-state index contributed by atoms with van der Waals surface area (Å²) in [5.74, 6) is -0.439. The van der Waals surface area contributed by atoms with E-state index in [0.29, 0.717) is 12.5 Å². The fraction of sp³-hybridized carbons (Fsp3) is 0.833. The van der Waals surface area contributed by atoms with E-state index in [1.807, 2.05) is 0 Å². The van der Waals surface area contributed by atoms with E-state index >= 15 is 0 Å². The van der Waals surface area contributed by atoms with Crippen molar-refractivity contribution in [2.75, 3.05) is 12.5 Å². The third-order valence-corrected chi connectivity index (χ3v) is 1.10. The Hall–Kier alpha value is -0.280. The largest absolute Gasteiger partial charge is 0.481 e. The molecule has 60 valence electrons. The van der Waals surface area contributed by atoms with Crippen molar-refractivity contribution in [3.63, 3.8) is 0 Å². The molecule has 0 aliphatic rings. The van der Waals surface area contributed by atoms with Gasteiger partial charge in [0, 0.05) is 5.88 Å². The molecule has 1 N–H and O–H groups in total. The van der Waals surface area contributed by atoms with E-state index in [-0.39, 0.29) is 12.5 Å². The quantitative estimate of drug-likeness (QED) is 0.623. The Morgan fingerprint density at radius 3 is 2.80 bits per heavy atom. The van der Waals surface area contributed by atoms with Gasteiger partial charge in [-0.3, -0.25) is 4.79 Å². The van der Waals surface area contributed by atoms with Crippen molar-refractivity contribution in [1.82, 2.24) is 0 Å². The highest BCUT2D eigenvalue weighted by Crippen LogP contribution is 1.96. The molecule has 10 heavy (non-hydrogen) atoms. The van der Waals surface area contributed by atoms with Gasteiger partial charge in [-0.05, 0) is 6.92 Å². The fourth-order valence-corrected chi connectivity index (χ4v) is 0.640. The first-order valence-electron chi connectivity index (χ1n) is 3.06. The predicted octanol–water partition coefficient (Wildman–Crippen LogP) is 1.10. The van der Waals surface area contributed by atoms with E-state index in [9.17, 15) is 4.79 Å². The van der Waals surface area contributed by atoms with Gasteiger partial charge in [-0.1, -0.05) is 0 Å². The van der Waals surface area contributed by atoms with Gasteiger partial charge >= 0.3 is 5.97 Å². The van der Waals surface area contributed by atoms with Crippen LogP contribution in [0.2, 0.25) is 0 Å². The van der Waals surface area contributed by atoms with E-state index in [4.69, 9.17) is 21.4 Å². The monoisotopic (exact) mass is 166 g/mol. The number of carbonyl (C=O) groups is 1. The van der Waals surface area contributed by atoms with Crippen LogP contribution in [0.3, 0.4) is 0 Å². The van der Waals surface area contributed by atoms with Crippen molar-refractivity contribution < 1.29 is 14.6 Å². The summed E-state index contributed by atoms with van der Waals surface area (Å²) in [6, 6.07) is 0. The summed E-state index contributed by atoms with van der Waals surface area (Å²) in [6.07, 6.45) is -0.201. The summed E-state index contributed by atoms with van der Waals surface area (Å²) in [6.45, 7) is 2.12. The lowest BCUT2D eigenvalue weighted by molar-refractivity contribution is -0.139. The molecule has 0 saturated carbocycles. The van der Waals surface area contributed by atoms with Gasteiger partial charge < -0.3 is 9.84 Å². The van der Waals surface area contributed by atoms with Gasteiger partial charge in [-0.2, -0.15) is 0 Å². The summed E-state index contributed by atoms with van der Waals surface area (Å²) >= 11 is 5.31. The van der Waals surface area contributed by atoms with Crippen molar-refractivity contribution in [2.45, 2.75) is 19.4 Å². The lowest BCUT2D eigenvalue weighted by atomic mass is 10.3. The zero-order chi connectivity index (χ0) is 7.98. The van der Waals surface area contributed by atoms with Crippen LogP contribution < -0.4 is 0 Å². The zero-order valence-electron chi connectivity index (χ0n) is 5.84. The molecule has 0 aliphatic carbocycles. The molecule has 3 nitrogen and oxygen atoms in total. The average molecular weight is 167 g/mol. The number of ether oxygens (including phenoxy) is 1. The third kappa shape index (κ3) is 5.85. The molecule has 0 aromatic rings. The molecule has 4 heteroatoms. The van der Waals surface area contributed by atoms with Crippen LogP contribution in [0.4, 0.5) is 0 Å². The number of carboxylic acids is 1. The Balaban J connectivity index is 3.25. The maximum Gasteiger partial charge on any atom is 0.305 e. The molecule has 0 unspecified atom stereocenters. The van der Waals surface area contributed by atoms with Gasteiger partial charge in [-0.25, -0.2) is 0 Å². The van der Waals surface area contributed by atoms with Gasteiger partial charge in [-0.15, -0.1) is 11.6 Å². The van der Waals surface area contributed by atoms with E-state index in [1.54, 1.807) is 6.92 Å². The Morgan fingerprint density at radius 2 is 2.40 bits per heavy atom. The Kier molecular flexibility index (Phi) is 5.35. The molecule has 0 rings (SSSR count). The molecule has 0 radical (unpaired) electrons. The first-order chi connectivity index (χ1) is 4.66. The van der Waals surface area contributed by atoms with Crippen LogP contribution in [-0.4, -0.2) is 29.7 Å². The smallest absolute Gasteiger partial charge is 0.305 e. The maximum atomic E-state index is 10.1. The van der Waals surface area contributed by atoms with Crippen LogP contribution in [0.1, 0.15) is 13.3 Å². The standard InChI is InChI=1S/C6H11ClO3/c1-5(4-6(8)9)10-3-2-7/h5H,2-4H2,1H3,(H,8,9)/t5-/m1/s1. The molecule has 0 aliphatic heterocycles. The second-order valence-electron chi connectivity index (χ2n) is 1.97. The molecule has 1 atom stereocenters. The number of aliphatic carboxylic acids is 1. The number of hydrogen-bond acceptors (Lipinski definition) is 2. The molecule has 0 spiro atoms. The predicted molar refractivity (Wildman–Crippen MR) is 38.4 cm³/mol. The molecule has 0 aromatic carbocycles. The van der Waals surface area contributed by atoms with E-state index in [0.717, 1.165) is 0 Å². The lowest BCUT2D eigenvalue weighted by Crippen LogP contribution is -2.14. The zero-order valence-corrected chi connectivity index (χ0v) is 6.60. The fourth-order valence-electron chi connectivity index (χ4n) is 0.551. The first kappa shape index (κ1) is 9.72. The van der Waals surface area contributed by atoms with E-state index in [1.165, 1.54) is 0 Å². The Labute approximate surface area is 64.9 Å². The summed E-state index contributed by atoms with van der Waals surface area (Å²) < 4.78 is 4.99. The maximum absolute atomic E-state index is 10.1. The minimum Gasteiger partial charge on any atom is -0.481 e. The van der Waals surface area contributed by atoms with Crippen LogP contribution in [0.5, 0.6) is 0 Å². The van der Waals surface area contributed by atoms with Gasteiger partial charge in [0.25, 0.3) is 0 Å². The summed E-state index contributed by atoms with van der Waals surface area (Å²) in [5.41, 5.74) is 0. The van der Waals surface area contributed by atoms with Crippen molar-refractivity contribution in [3.8, 4) is 0 Å². The second kappa shape index (κ2) is 5.50. The summed E-state index contributed by atoms with van der Waals surface area (Å²) in [5, 5.41) is 8.27. The van der Waals surface area contributed by atoms with Crippen molar-refractivity contribution in [3.05, 3.63) is 0 Å². The SMILES string of the molecule is C[C@H](CC(=O)O)OCCCl. The van der Waals surface area contributed by atoms with Crippen LogP contribution in [0.15, 0.2) is 0 Å². The van der Waals surface area contributed by atoms with Crippen LogP contribution in [-0.2, 0) is 9.53 Å². The average Bonchev–Trinajstić information content (AvgIpc) is 1.82. The molecule has 0 saturated heterocycles. The Bertz CT molecular complexity index is 105. The molecular weight excluding hydrogens is 156 g/mol. The van der Waals surface area contributed by atoms with Crippen molar-refractivity contribution in [1.29, 1.82) is 0 Å². The molecule has 0 bridgehead atoms. The van der Waals surface area contributed by atoms with Crippen LogP contribution in [0, 0.1) is 0 Å². The molecule has 0 fully saturated rings. The lowest BCUT2D eigenvalue weighted by Gasteiger charge is -2.07. The molecular formula is C6H11ClO3. The van der Waals surface area contributed by atoms with Gasteiger partial charge in [0.2, 0.25) is 0 Å². The highest BCUT2D eigenvalue weighted by Gasteiger charge is 2.06. The minimum atomic E-state index is -0.845. The topological polar surface area (TPSA) is 46.5 Å². The van der Waals surface area contributed by atoms with Crippen LogP contribution in [0.25, 0.3) is 0 Å². The highest BCUT2D eigenvalue weighted by molar-refractivity contribution is 6.17.